The quantitative estimate of drug-likeness (QED) is 0.483. The van der Waals surface area contributed by atoms with E-state index in [0.29, 0.717) is 24.3 Å². The molecule has 1 aliphatic rings. The summed E-state index contributed by atoms with van der Waals surface area (Å²) < 4.78 is 17.3. The fraction of sp³-hybridized carbons (Fsp3) is 0.400. The molecule has 0 aliphatic carbocycles. The number of rotatable bonds is 7. The number of fused-ring (bicyclic) bond motifs is 1. The molecule has 0 fully saturated rings. The lowest BCUT2D eigenvalue weighted by Gasteiger charge is -2.23. The van der Waals surface area contributed by atoms with E-state index in [1.54, 1.807) is 0 Å². The number of hydrogen-bond acceptors (Lipinski definition) is 7. The molecule has 1 aliphatic heterocycles. The van der Waals surface area contributed by atoms with Crippen molar-refractivity contribution < 1.29 is 18.7 Å². The van der Waals surface area contributed by atoms with Gasteiger partial charge in [0.1, 0.15) is 0 Å². The zero-order valence-electron chi connectivity index (χ0n) is 19.4. The van der Waals surface area contributed by atoms with Crippen molar-refractivity contribution in [1.82, 2.24) is 15.5 Å². The minimum Gasteiger partial charge on any atom is -0.490 e. The molecule has 4 rings (SSSR count). The Morgan fingerprint density at radius 1 is 1.03 bits per heavy atom. The highest BCUT2D eigenvalue weighted by atomic mass is 32.2. The average Bonchev–Trinajstić information content (AvgIpc) is 3.12. The molecule has 0 bridgehead atoms. The Hall–Kier alpha value is -3.00. The molecule has 2 aromatic carbocycles. The van der Waals surface area contributed by atoms with Crippen molar-refractivity contribution in [3.05, 3.63) is 53.1 Å². The van der Waals surface area contributed by atoms with Crippen LogP contribution in [0.15, 0.2) is 46.0 Å². The first kappa shape index (κ1) is 23.2. The van der Waals surface area contributed by atoms with Crippen LogP contribution in [0, 0.1) is 19.8 Å². The van der Waals surface area contributed by atoms with Gasteiger partial charge in [0.15, 0.2) is 11.5 Å². The van der Waals surface area contributed by atoms with Crippen LogP contribution < -0.4 is 14.8 Å². The number of nitrogens with zero attached hydrogens (tertiary/aromatic N) is 2. The van der Waals surface area contributed by atoms with Gasteiger partial charge in [0.2, 0.25) is 11.8 Å². The lowest BCUT2D eigenvalue weighted by atomic mass is 9.95. The van der Waals surface area contributed by atoms with Gasteiger partial charge in [0.05, 0.1) is 25.0 Å². The van der Waals surface area contributed by atoms with Crippen molar-refractivity contribution in [2.24, 2.45) is 5.92 Å². The summed E-state index contributed by atoms with van der Waals surface area (Å²) in [6.07, 6.45) is 0.854. The summed E-state index contributed by atoms with van der Waals surface area (Å²) in [5.41, 5.74) is 4.13. The average molecular weight is 468 g/mol. The van der Waals surface area contributed by atoms with Gasteiger partial charge in [-0.3, -0.25) is 4.79 Å². The van der Waals surface area contributed by atoms with Crippen LogP contribution >= 0.6 is 11.8 Å². The second-order valence-electron chi connectivity index (χ2n) is 8.58. The smallest absolute Gasteiger partial charge is 0.277 e. The maximum atomic E-state index is 12.7. The van der Waals surface area contributed by atoms with Crippen LogP contribution in [-0.2, 0) is 4.79 Å². The first-order valence-electron chi connectivity index (χ1n) is 11.1. The Kier molecular flexibility index (Phi) is 7.23. The van der Waals surface area contributed by atoms with Crippen molar-refractivity contribution in [2.75, 3.05) is 19.0 Å². The number of amides is 1. The van der Waals surface area contributed by atoms with Crippen LogP contribution in [0.3, 0.4) is 0 Å². The molecule has 0 spiro atoms. The van der Waals surface area contributed by atoms with E-state index in [2.05, 4.69) is 35.4 Å². The summed E-state index contributed by atoms with van der Waals surface area (Å²) in [6, 6.07) is 11.8. The molecule has 3 aromatic rings. The van der Waals surface area contributed by atoms with E-state index in [1.165, 1.54) is 11.8 Å². The molecular formula is C25H29N3O4S. The third kappa shape index (κ3) is 5.87. The maximum Gasteiger partial charge on any atom is 0.277 e. The molecule has 2 heterocycles. The summed E-state index contributed by atoms with van der Waals surface area (Å²) in [4.78, 5) is 12.7. The molecule has 0 saturated heterocycles. The Bertz CT molecular complexity index is 1110. The van der Waals surface area contributed by atoms with Crippen molar-refractivity contribution in [2.45, 2.75) is 45.4 Å². The van der Waals surface area contributed by atoms with Crippen molar-refractivity contribution in [3.63, 3.8) is 0 Å². The molecule has 174 valence electrons. The Morgan fingerprint density at radius 3 is 2.48 bits per heavy atom. The minimum absolute atomic E-state index is 0.100. The Labute approximate surface area is 198 Å². The number of carbonyl (C=O) groups is 1. The van der Waals surface area contributed by atoms with E-state index in [4.69, 9.17) is 13.9 Å². The van der Waals surface area contributed by atoms with Gasteiger partial charge < -0.3 is 19.2 Å². The van der Waals surface area contributed by atoms with Gasteiger partial charge in [0, 0.05) is 12.0 Å². The number of benzene rings is 2. The number of thioether (sulfide) groups is 1. The zero-order chi connectivity index (χ0) is 23.4. The predicted molar refractivity (Wildman–Crippen MR) is 128 cm³/mol. The van der Waals surface area contributed by atoms with Crippen LogP contribution in [0.1, 0.15) is 43.0 Å². The van der Waals surface area contributed by atoms with E-state index in [1.807, 2.05) is 44.2 Å². The number of ether oxygens (including phenoxy) is 2. The monoisotopic (exact) mass is 467 g/mol. The molecule has 0 unspecified atom stereocenters. The fourth-order valence-electron chi connectivity index (χ4n) is 3.83. The molecule has 33 heavy (non-hydrogen) atoms. The third-order valence-electron chi connectivity index (χ3n) is 5.32. The van der Waals surface area contributed by atoms with Crippen LogP contribution in [-0.4, -0.2) is 35.1 Å². The van der Waals surface area contributed by atoms with Gasteiger partial charge in [-0.05, 0) is 49.6 Å². The predicted octanol–water partition coefficient (Wildman–Crippen LogP) is 5.12. The summed E-state index contributed by atoms with van der Waals surface area (Å²) in [5, 5.41) is 11.7. The highest BCUT2D eigenvalue weighted by Crippen LogP contribution is 2.34. The van der Waals surface area contributed by atoms with Crippen LogP contribution in [0.2, 0.25) is 0 Å². The van der Waals surface area contributed by atoms with Gasteiger partial charge in [-0.25, -0.2) is 0 Å². The van der Waals surface area contributed by atoms with Gasteiger partial charge in [0.25, 0.3) is 5.22 Å². The summed E-state index contributed by atoms with van der Waals surface area (Å²) >= 11 is 1.23. The molecule has 8 heteroatoms. The standard InChI is InChI=1S/C25H29N3O4S/c1-15(2)23(18-6-7-20-21(13-18)31-9-5-8-30-20)26-22(29)14-33-25-28-27-24(32-25)19-11-16(3)10-17(4)12-19/h6-7,10-13,15,23H,5,8-9,14H2,1-4H3,(H,26,29)/t23-/m1/s1. The lowest BCUT2D eigenvalue weighted by molar-refractivity contribution is -0.119. The van der Waals surface area contributed by atoms with Gasteiger partial charge in [-0.1, -0.05) is 48.9 Å². The van der Waals surface area contributed by atoms with E-state index >= 15 is 0 Å². The topological polar surface area (TPSA) is 86.5 Å². The second kappa shape index (κ2) is 10.3. The van der Waals surface area contributed by atoms with Crippen molar-refractivity contribution in [1.29, 1.82) is 0 Å². The molecule has 7 nitrogen and oxygen atoms in total. The normalized spacial score (nSPS) is 14.1. The number of aryl methyl sites for hydroxylation is 2. The molecular weight excluding hydrogens is 438 g/mol. The highest BCUT2D eigenvalue weighted by molar-refractivity contribution is 7.99. The SMILES string of the molecule is Cc1cc(C)cc(-c2nnc(SCC(=O)N[C@@H](c3ccc4c(c3)OCCCO4)C(C)C)o2)c1. The largest absolute Gasteiger partial charge is 0.490 e. The summed E-state index contributed by atoms with van der Waals surface area (Å²) in [5.74, 6) is 2.21. The molecule has 1 amide bonds. The fourth-order valence-corrected chi connectivity index (χ4v) is 4.41. The van der Waals surface area contributed by atoms with Crippen LogP contribution in [0.25, 0.3) is 11.5 Å². The summed E-state index contributed by atoms with van der Waals surface area (Å²) in [6.45, 7) is 9.49. The number of aromatic nitrogens is 2. The van der Waals surface area contributed by atoms with E-state index < -0.39 is 0 Å². The Balaban J connectivity index is 1.39. The Morgan fingerprint density at radius 2 is 1.76 bits per heavy atom. The second-order valence-corrected chi connectivity index (χ2v) is 9.51. The van der Waals surface area contributed by atoms with Gasteiger partial charge >= 0.3 is 0 Å². The molecule has 1 aromatic heterocycles. The van der Waals surface area contributed by atoms with E-state index in [0.717, 1.165) is 40.2 Å². The third-order valence-corrected chi connectivity index (χ3v) is 6.13. The maximum absolute atomic E-state index is 12.7. The van der Waals surface area contributed by atoms with E-state index in [9.17, 15) is 4.79 Å². The van der Waals surface area contributed by atoms with Gasteiger partial charge in [-0.15, -0.1) is 10.2 Å². The van der Waals surface area contributed by atoms with Crippen LogP contribution in [0.4, 0.5) is 0 Å². The number of nitrogens with one attached hydrogen (secondary N) is 1. The molecule has 0 saturated carbocycles. The summed E-state index contributed by atoms with van der Waals surface area (Å²) in [7, 11) is 0. The number of carbonyl (C=O) groups excluding carboxylic acids is 1. The zero-order valence-corrected chi connectivity index (χ0v) is 20.2. The van der Waals surface area contributed by atoms with Crippen molar-refractivity contribution in [3.8, 4) is 23.0 Å². The van der Waals surface area contributed by atoms with E-state index in [-0.39, 0.29) is 23.6 Å². The lowest BCUT2D eigenvalue weighted by Crippen LogP contribution is -2.33. The molecule has 1 atom stereocenters. The van der Waals surface area contributed by atoms with Gasteiger partial charge in [-0.2, -0.15) is 0 Å². The molecule has 0 radical (unpaired) electrons. The first-order valence-corrected chi connectivity index (χ1v) is 12.1. The highest BCUT2D eigenvalue weighted by Gasteiger charge is 2.22. The van der Waals surface area contributed by atoms with Crippen molar-refractivity contribution >= 4 is 17.7 Å². The first-order chi connectivity index (χ1) is 15.9. The van der Waals surface area contributed by atoms with Crippen LogP contribution in [0.5, 0.6) is 11.5 Å². The molecule has 1 N–H and O–H groups in total. The minimum atomic E-state index is -0.149. The number of hydrogen-bond donors (Lipinski definition) is 1.